The van der Waals surface area contributed by atoms with Crippen molar-refractivity contribution < 1.29 is 14.3 Å². The van der Waals surface area contributed by atoms with Gasteiger partial charge in [0.2, 0.25) is 0 Å². The van der Waals surface area contributed by atoms with Crippen molar-refractivity contribution in [2.45, 2.75) is 76.9 Å². The number of morpholine rings is 1. The predicted molar refractivity (Wildman–Crippen MR) is 187 cm³/mol. The van der Waals surface area contributed by atoms with E-state index in [4.69, 9.17) is 9.72 Å². The highest BCUT2D eigenvalue weighted by Crippen LogP contribution is 2.23. The van der Waals surface area contributed by atoms with Gasteiger partial charge in [-0.1, -0.05) is 74.5 Å². The molecule has 2 N–H and O–H groups in total. The predicted octanol–water partition coefficient (Wildman–Crippen LogP) is 5.93. The first-order valence-corrected chi connectivity index (χ1v) is 17.7. The van der Waals surface area contributed by atoms with Crippen LogP contribution >= 0.6 is 11.3 Å². The summed E-state index contributed by atoms with van der Waals surface area (Å²) in [5, 5.41) is 9.71. The highest BCUT2D eigenvalue weighted by atomic mass is 32.1. The Hall–Kier alpha value is -3.11. The van der Waals surface area contributed by atoms with Crippen LogP contribution in [0.3, 0.4) is 0 Å². The van der Waals surface area contributed by atoms with E-state index in [9.17, 15) is 9.59 Å². The third-order valence-electron chi connectivity index (χ3n) is 8.85. The van der Waals surface area contributed by atoms with Gasteiger partial charge in [-0.2, -0.15) is 0 Å². The standard InChI is InChI=1S/C37H53N5O3S/c1-28(2)36-39-33(27-46-36)26-41(4)37(44)40-34(17-18-42-19-21-45-22-20-42)35(43)25-31(23-29-11-7-5-8-12-29)15-16-32(38-3)24-30-13-9-6-10-14-30/h5-14,27-28,31-32,34,38H,15-26H2,1-4H3,(H,40,44)/t31-,32-,34+/m1/s1. The molecule has 250 valence electrons. The molecule has 0 aliphatic carbocycles. The van der Waals surface area contributed by atoms with Gasteiger partial charge in [0.05, 0.1) is 36.5 Å². The minimum atomic E-state index is -0.554. The number of amides is 2. The van der Waals surface area contributed by atoms with Gasteiger partial charge in [-0.3, -0.25) is 9.69 Å². The van der Waals surface area contributed by atoms with Crippen LogP contribution in [-0.2, 0) is 28.9 Å². The Kier molecular flexibility index (Phi) is 14.7. The Morgan fingerprint density at radius 1 is 0.957 bits per heavy atom. The van der Waals surface area contributed by atoms with Crippen LogP contribution in [0.2, 0.25) is 0 Å². The van der Waals surface area contributed by atoms with Crippen molar-refractivity contribution >= 4 is 23.2 Å². The number of nitrogens with one attached hydrogen (secondary N) is 2. The number of nitrogens with zero attached hydrogens (tertiary/aromatic N) is 3. The van der Waals surface area contributed by atoms with Crippen LogP contribution in [0.1, 0.15) is 67.3 Å². The molecule has 2 aromatic carbocycles. The van der Waals surface area contributed by atoms with Crippen LogP contribution in [0.15, 0.2) is 66.0 Å². The highest BCUT2D eigenvalue weighted by Gasteiger charge is 2.27. The van der Waals surface area contributed by atoms with E-state index in [0.717, 1.165) is 56.0 Å². The molecule has 1 aliphatic rings. The smallest absolute Gasteiger partial charge is 0.318 e. The number of carbonyl (C=O) groups excluding carboxylic acids is 2. The molecule has 0 saturated carbocycles. The van der Waals surface area contributed by atoms with Crippen LogP contribution in [0.25, 0.3) is 0 Å². The lowest BCUT2D eigenvalue weighted by Crippen LogP contribution is -2.49. The monoisotopic (exact) mass is 647 g/mol. The maximum atomic E-state index is 14.1. The quantitative estimate of drug-likeness (QED) is 0.178. The van der Waals surface area contributed by atoms with Gasteiger partial charge in [-0.25, -0.2) is 9.78 Å². The first-order valence-electron chi connectivity index (χ1n) is 16.8. The van der Waals surface area contributed by atoms with Gasteiger partial charge >= 0.3 is 6.03 Å². The zero-order valence-corrected chi connectivity index (χ0v) is 28.9. The average Bonchev–Trinajstić information content (AvgIpc) is 3.55. The lowest BCUT2D eigenvalue weighted by atomic mass is 9.86. The summed E-state index contributed by atoms with van der Waals surface area (Å²) in [5.41, 5.74) is 3.42. The normalized spacial score (nSPS) is 15.8. The van der Waals surface area contributed by atoms with Crippen LogP contribution in [0.4, 0.5) is 4.79 Å². The zero-order chi connectivity index (χ0) is 32.7. The summed E-state index contributed by atoms with van der Waals surface area (Å²) >= 11 is 1.63. The molecular weight excluding hydrogens is 595 g/mol. The van der Waals surface area contributed by atoms with Crippen LogP contribution in [-0.4, -0.2) is 85.6 Å². The third-order valence-corrected chi connectivity index (χ3v) is 10.0. The third kappa shape index (κ3) is 11.9. The molecule has 0 unspecified atom stereocenters. The fourth-order valence-corrected chi connectivity index (χ4v) is 6.85. The fourth-order valence-electron chi connectivity index (χ4n) is 6.02. The number of ether oxygens (including phenoxy) is 1. The summed E-state index contributed by atoms with van der Waals surface area (Å²) in [6.07, 6.45) is 4.68. The Labute approximate surface area is 279 Å². The van der Waals surface area contributed by atoms with E-state index in [1.807, 2.05) is 24.6 Å². The molecule has 4 rings (SSSR count). The van der Waals surface area contributed by atoms with Gasteiger partial charge in [-0.15, -0.1) is 11.3 Å². The van der Waals surface area contributed by atoms with Gasteiger partial charge in [0.15, 0.2) is 5.78 Å². The fraction of sp³-hybridized carbons (Fsp3) is 0.541. The van der Waals surface area contributed by atoms with Crippen molar-refractivity contribution in [1.82, 2.24) is 25.4 Å². The van der Waals surface area contributed by atoms with E-state index in [2.05, 4.69) is 77.9 Å². The average molecular weight is 648 g/mol. The molecule has 3 atom stereocenters. The molecular formula is C37H53N5O3S. The van der Waals surface area contributed by atoms with Crippen molar-refractivity contribution in [3.63, 3.8) is 0 Å². The molecule has 8 nitrogen and oxygen atoms in total. The minimum Gasteiger partial charge on any atom is -0.379 e. The second kappa shape index (κ2) is 18.9. The van der Waals surface area contributed by atoms with Crippen LogP contribution in [0, 0.1) is 5.92 Å². The molecule has 1 aromatic heterocycles. The number of hydrogen-bond donors (Lipinski definition) is 2. The molecule has 1 saturated heterocycles. The first kappa shape index (κ1) is 35.7. The molecule has 1 fully saturated rings. The zero-order valence-electron chi connectivity index (χ0n) is 28.1. The van der Waals surface area contributed by atoms with Gasteiger partial charge in [0, 0.05) is 50.4 Å². The number of benzene rings is 2. The number of hydrogen-bond acceptors (Lipinski definition) is 7. The SMILES string of the molecule is CN[C@H](CC[C@@H](CC(=O)[C@H](CCN1CCOCC1)NC(=O)N(C)Cc1csc(C(C)C)n1)Cc1ccccc1)Cc1ccccc1. The number of urea groups is 1. The van der Waals surface area contributed by atoms with E-state index in [1.165, 1.54) is 11.1 Å². The Morgan fingerprint density at radius 3 is 2.22 bits per heavy atom. The molecule has 46 heavy (non-hydrogen) atoms. The molecule has 0 spiro atoms. The molecule has 1 aliphatic heterocycles. The molecule has 2 heterocycles. The number of likely N-dealkylation sites (N-methyl/N-ethyl adjacent to an activating group) is 1. The maximum Gasteiger partial charge on any atom is 0.318 e. The molecule has 0 radical (unpaired) electrons. The van der Waals surface area contributed by atoms with Crippen molar-refractivity contribution in [2.24, 2.45) is 5.92 Å². The van der Waals surface area contributed by atoms with Gasteiger partial charge in [-0.05, 0) is 56.2 Å². The highest BCUT2D eigenvalue weighted by molar-refractivity contribution is 7.09. The molecule has 0 bridgehead atoms. The van der Waals surface area contributed by atoms with E-state index in [1.54, 1.807) is 23.3 Å². The Morgan fingerprint density at radius 2 is 1.61 bits per heavy atom. The topological polar surface area (TPSA) is 86.8 Å². The van der Waals surface area contributed by atoms with E-state index in [0.29, 0.717) is 44.6 Å². The Bertz CT molecular complexity index is 1310. The Balaban J connectivity index is 1.43. The van der Waals surface area contributed by atoms with Gasteiger partial charge in [0.25, 0.3) is 0 Å². The van der Waals surface area contributed by atoms with E-state index in [-0.39, 0.29) is 17.7 Å². The summed E-state index contributed by atoms with van der Waals surface area (Å²) < 4.78 is 5.53. The molecule has 3 aromatic rings. The van der Waals surface area contributed by atoms with Crippen LogP contribution in [0.5, 0.6) is 0 Å². The van der Waals surface area contributed by atoms with Gasteiger partial charge in [0.1, 0.15) is 0 Å². The minimum absolute atomic E-state index is 0.107. The summed E-state index contributed by atoms with van der Waals surface area (Å²) in [5.74, 6) is 0.632. The summed E-state index contributed by atoms with van der Waals surface area (Å²) in [4.78, 5) is 36.2. The van der Waals surface area contributed by atoms with E-state index >= 15 is 0 Å². The van der Waals surface area contributed by atoms with Crippen molar-refractivity contribution in [3.05, 3.63) is 87.9 Å². The second-order valence-electron chi connectivity index (χ2n) is 12.9. The summed E-state index contributed by atoms with van der Waals surface area (Å²) in [6.45, 7) is 8.50. The maximum absolute atomic E-state index is 14.1. The second-order valence-corrected chi connectivity index (χ2v) is 13.8. The number of rotatable bonds is 18. The number of aromatic nitrogens is 1. The van der Waals surface area contributed by atoms with Gasteiger partial charge < -0.3 is 20.3 Å². The summed E-state index contributed by atoms with van der Waals surface area (Å²) in [7, 11) is 3.80. The number of carbonyl (C=O) groups is 2. The number of Topliss-reactive ketones (excluding diaryl/α,β-unsaturated/α-hetero) is 1. The first-order chi connectivity index (χ1) is 22.3. The molecule has 9 heteroatoms. The number of thiazole rings is 1. The van der Waals surface area contributed by atoms with Crippen molar-refractivity contribution in [2.75, 3.05) is 46.9 Å². The van der Waals surface area contributed by atoms with E-state index < -0.39 is 6.04 Å². The summed E-state index contributed by atoms with van der Waals surface area (Å²) in [6, 6.07) is 20.5. The number of ketones is 1. The van der Waals surface area contributed by atoms with Crippen molar-refractivity contribution in [1.29, 1.82) is 0 Å². The van der Waals surface area contributed by atoms with Crippen LogP contribution < -0.4 is 10.6 Å². The largest absolute Gasteiger partial charge is 0.379 e. The van der Waals surface area contributed by atoms with Crippen molar-refractivity contribution in [3.8, 4) is 0 Å². The lowest BCUT2D eigenvalue weighted by Gasteiger charge is -2.29. The molecule has 2 amide bonds. The lowest BCUT2D eigenvalue weighted by molar-refractivity contribution is -0.122.